The Morgan fingerprint density at radius 1 is 0.871 bits per heavy atom. The van der Waals surface area contributed by atoms with Gasteiger partial charge in [-0.05, 0) is 75.7 Å². The maximum absolute atomic E-state index is 13.6. The lowest BCUT2D eigenvalue weighted by atomic mass is 9.89. The second-order valence-corrected chi connectivity index (χ2v) is 15.5. The molecule has 346 valence electrons. The Morgan fingerprint density at radius 2 is 1.56 bits per heavy atom. The minimum atomic E-state index is -4.58. The monoisotopic (exact) mass is 882 g/mol. The van der Waals surface area contributed by atoms with Crippen LogP contribution in [-0.2, 0) is 44.8 Å². The molecule has 62 heavy (non-hydrogen) atoms. The van der Waals surface area contributed by atoms with Gasteiger partial charge in [0, 0.05) is 51.2 Å². The molecule has 2 saturated heterocycles. The number of alkyl halides is 3. The molecule has 2 fully saturated rings. The topological polar surface area (TPSA) is 276 Å². The normalized spacial score (nSPS) is 19.3. The molecule has 1 aromatic carbocycles. The van der Waals surface area contributed by atoms with Crippen LogP contribution in [0.5, 0.6) is 0 Å². The number of hydrogen-bond acceptors (Lipinski definition) is 10. The lowest BCUT2D eigenvalue weighted by Gasteiger charge is -2.39. The SMILES string of the molecule is CCC(=O)N1CCCC1C(OC)C(C)C(=O)NCC(=O)NCc1ccc(NC(=O)C(CCCNC(N)=O)NC(=O)CNC(=O)CCCN2CCC(C(N)=O)CC2C(F)(F)F)cc1. The Labute approximate surface area is 358 Å². The summed E-state index contributed by atoms with van der Waals surface area (Å²) in [5.74, 6) is -5.04. The summed E-state index contributed by atoms with van der Waals surface area (Å²) in [7, 11) is 1.50. The fourth-order valence-electron chi connectivity index (χ4n) is 7.64. The number of piperidine rings is 1. The van der Waals surface area contributed by atoms with E-state index in [1.807, 2.05) is 0 Å². The van der Waals surface area contributed by atoms with Crippen LogP contribution in [0.2, 0.25) is 0 Å². The number of halogens is 3. The van der Waals surface area contributed by atoms with Crippen LogP contribution in [0.4, 0.5) is 23.7 Å². The average Bonchev–Trinajstić information content (AvgIpc) is 3.71. The molecule has 0 spiro atoms. The zero-order valence-electron chi connectivity index (χ0n) is 35.4. The highest BCUT2D eigenvalue weighted by Crippen LogP contribution is 2.34. The van der Waals surface area contributed by atoms with Crippen molar-refractivity contribution >= 4 is 53.1 Å². The highest BCUT2D eigenvalue weighted by atomic mass is 19.4. The Bertz CT molecular complexity index is 1720. The summed E-state index contributed by atoms with van der Waals surface area (Å²) in [5, 5.41) is 15.4. The van der Waals surface area contributed by atoms with E-state index in [9.17, 15) is 51.5 Å². The number of likely N-dealkylation sites (tertiary alicyclic amines) is 2. The third-order valence-electron chi connectivity index (χ3n) is 11.0. The van der Waals surface area contributed by atoms with Gasteiger partial charge in [-0.2, -0.15) is 13.2 Å². The minimum Gasteiger partial charge on any atom is -0.378 e. The summed E-state index contributed by atoms with van der Waals surface area (Å²) in [4.78, 5) is 102. The van der Waals surface area contributed by atoms with Gasteiger partial charge in [-0.1, -0.05) is 26.0 Å². The quantitative estimate of drug-likeness (QED) is 0.0700. The van der Waals surface area contributed by atoms with Crippen molar-refractivity contribution in [3.05, 3.63) is 29.8 Å². The summed E-state index contributed by atoms with van der Waals surface area (Å²) in [6.45, 7) is 3.43. The minimum absolute atomic E-state index is 0.00137. The van der Waals surface area contributed by atoms with Gasteiger partial charge >= 0.3 is 12.2 Å². The maximum Gasteiger partial charge on any atom is 0.404 e. The van der Waals surface area contributed by atoms with Crippen molar-refractivity contribution < 1.29 is 56.3 Å². The van der Waals surface area contributed by atoms with Crippen LogP contribution in [0.15, 0.2) is 24.3 Å². The van der Waals surface area contributed by atoms with Gasteiger partial charge in [-0.3, -0.25) is 38.5 Å². The Hall–Kier alpha value is -5.51. The van der Waals surface area contributed by atoms with E-state index in [0.29, 0.717) is 24.2 Å². The Morgan fingerprint density at radius 3 is 2.19 bits per heavy atom. The van der Waals surface area contributed by atoms with Gasteiger partial charge in [-0.15, -0.1) is 0 Å². The van der Waals surface area contributed by atoms with E-state index >= 15 is 0 Å². The molecule has 2 aliphatic rings. The molecule has 3 rings (SSSR count). The molecule has 1 aromatic rings. The predicted molar refractivity (Wildman–Crippen MR) is 219 cm³/mol. The summed E-state index contributed by atoms with van der Waals surface area (Å²) in [6, 6.07) is 2.48. The number of ether oxygens (including phenoxy) is 1. The van der Waals surface area contributed by atoms with Crippen molar-refractivity contribution in [1.82, 2.24) is 36.4 Å². The van der Waals surface area contributed by atoms with Gasteiger partial charge in [0.25, 0.3) is 0 Å². The number of nitrogens with two attached hydrogens (primary N) is 2. The van der Waals surface area contributed by atoms with E-state index in [2.05, 4.69) is 31.9 Å². The summed E-state index contributed by atoms with van der Waals surface area (Å²) in [6.07, 6.45) is -3.30. The van der Waals surface area contributed by atoms with Crippen LogP contribution in [0.1, 0.15) is 77.2 Å². The molecule has 6 unspecified atom stereocenters. The van der Waals surface area contributed by atoms with Gasteiger partial charge in [-0.25, -0.2) is 4.79 Å². The number of hydrogen-bond donors (Lipinski definition) is 8. The third kappa shape index (κ3) is 16.4. The van der Waals surface area contributed by atoms with Crippen LogP contribution in [0, 0.1) is 11.8 Å². The van der Waals surface area contributed by atoms with Gasteiger partial charge in [0.15, 0.2) is 0 Å². The van der Waals surface area contributed by atoms with Gasteiger partial charge in [0.1, 0.15) is 12.1 Å². The van der Waals surface area contributed by atoms with Crippen LogP contribution in [-0.4, -0.2) is 134 Å². The van der Waals surface area contributed by atoms with E-state index < -0.39 is 84.7 Å². The number of urea groups is 1. The van der Waals surface area contributed by atoms with Crippen LogP contribution >= 0.6 is 0 Å². The molecular formula is C40H61F3N10O9. The number of amides is 9. The van der Waals surface area contributed by atoms with Crippen LogP contribution in [0.25, 0.3) is 0 Å². The fourth-order valence-corrected chi connectivity index (χ4v) is 7.64. The highest BCUT2D eigenvalue weighted by molar-refractivity contribution is 5.97. The number of rotatable bonds is 23. The second kappa shape index (κ2) is 24.8. The van der Waals surface area contributed by atoms with Crippen molar-refractivity contribution in [3.8, 4) is 0 Å². The summed E-state index contributed by atoms with van der Waals surface area (Å²) < 4.78 is 46.6. The number of nitrogens with zero attached hydrogens (tertiary/aromatic N) is 2. The van der Waals surface area contributed by atoms with Gasteiger partial charge in [0.2, 0.25) is 41.4 Å². The van der Waals surface area contributed by atoms with Crippen molar-refractivity contribution in [2.75, 3.05) is 51.7 Å². The lowest BCUT2D eigenvalue weighted by Crippen LogP contribution is -2.52. The summed E-state index contributed by atoms with van der Waals surface area (Å²) >= 11 is 0. The average molecular weight is 883 g/mol. The third-order valence-corrected chi connectivity index (χ3v) is 11.0. The van der Waals surface area contributed by atoms with Crippen LogP contribution in [0.3, 0.4) is 0 Å². The van der Waals surface area contributed by atoms with Crippen LogP contribution < -0.4 is 43.4 Å². The molecule has 6 atom stereocenters. The fraction of sp³-hybridized carbons (Fsp3) is 0.650. The zero-order chi connectivity index (χ0) is 46.0. The largest absolute Gasteiger partial charge is 0.404 e. The summed E-state index contributed by atoms with van der Waals surface area (Å²) in [5.41, 5.74) is 11.4. The van der Waals surface area contributed by atoms with Crippen molar-refractivity contribution in [2.45, 2.75) is 109 Å². The van der Waals surface area contributed by atoms with E-state index in [4.69, 9.17) is 16.2 Å². The number of primary amides is 2. The lowest BCUT2D eigenvalue weighted by molar-refractivity contribution is -0.195. The van der Waals surface area contributed by atoms with Crippen molar-refractivity contribution in [2.24, 2.45) is 23.3 Å². The van der Waals surface area contributed by atoms with E-state index in [1.54, 1.807) is 43.0 Å². The number of methoxy groups -OCH3 is 1. The first-order valence-electron chi connectivity index (χ1n) is 20.8. The molecule has 0 aliphatic carbocycles. The zero-order valence-corrected chi connectivity index (χ0v) is 35.4. The molecule has 0 aromatic heterocycles. The van der Waals surface area contributed by atoms with Crippen molar-refractivity contribution in [1.29, 1.82) is 0 Å². The molecule has 9 amide bonds. The van der Waals surface area contributed by atoms with Gasteiger partial charge < -0.3 is 53.0 Å². The van der Waals surface area contributed by atoms with Gasteiger partial charge in [0.05, 0.1) is 31.2 Å². The number of carbonyl (C=O) groups excluding carboxylic acids is 8. The molecule has 19 nitrogen and oxygen atoms in total. The molecule has 22 heteroatoms. The second-order valence-electron chi connectivity index (χ2n) is 15.5. The number of nitrogens with one attached hydrogen (secondary N) is 6. The first kappa shape index (κ1) is 50.8. The number of carbonyl (C=O) groups is 8. The maximum atomic E-state index is 13.6. The molecule has 2 aliphatic heterocycles. The van der Waals surface area contributed by atoms with E-state index in [1.165, 1.54) is 12.0 Å². The molecule has 0 bridgehead atoms. The van der Waals surface area contributed by atoms with E-state index in [0.717, 1.165) is 12.8 Å². The predicted octanol–water partition coefficient (Wildman–Crippen LogP) is 0.368. The Balaban J connectivity index is 1.45. The smallest absolute Gasteiger partial charge is 0.378 e. The first-order valence-corrected chi connectivity index (χ1v) is 20.8. The van der Waals surface area contributed by atoms with Crippen molar-refractivity contribution in [3.63, 3.8) is 0 Å². The Kier molecular flexibility index (Phi) is 20.3. The first-order chi connectivity index (χ1) is 29.3. The molecule has 0 radical (unpaired) electrons. The van der Waals surface area contributed by atoms with E-state index in [-0.39, 0.29) is 82.7 Å². The number of anilines is 1. The molecular weight excluding hydrogens is 821 g/mol. The highest BCUT2D eigenvalue weighted by Gasteiger charge is 2.47. The molecule has 2 heterocycles. The number of benzene rings is 1. The molecule has 0 saturated carbocycles. The molecule has 10 N–H and O–H groups in total. The standard InChI is InChI=1S/C40H61F3N10O9/c1-4-34(57)53-18-6-9-29(53)35(62-3)24(2)37(59)49-22-32(55)47-21-25-11-13-27(14-12-25)50-38(60)28(8-5-16-46-39(45)61)51-33(56)23-48-31(54)10-7-17-52-19-15-26(36(44)58)20-30(52)40(41,42)43/h11-14,24,26,28-30,35H,4-10,15-23H2,1-3H3,(H2,44,58)(H,47,55)(H,48,54)(H,49,59)(H,50,60)(H,51,56)(H3,45,46,61).